The highest BCUT2D eigenvalue weighted by molar-refractivity contribution is 9.10. The third-order valence-electron chi connectivity index (χ3n) is 5.25. The van der Waals surface area contributed by atoms with Gasteiger partial charge in [-0.1, -0.05) is 6.07 Å². The van der Waals surface area contributed by atoms with Crippen molar-refractivity contribution in [2.75, 3.05) is 12.4 Å². The molecule has 0 bridgehead atoms. The summed E-state index contributed by atoms with van der Waals surface area (Å²) in [6.07, 6.45) is 5.32. The van der Waals surface area contributed by atoms with Gasteiger partial charge in [0.1, 0.15) is 5.82 Å². The number of nitrogens with one attached hydrogen (secondary N) is 1. The lowest BCUT2D eigenvalue weighted by atomic mass is 9.68. The number of pyridine rings is 2. The summed E-state index contributed by atoms with van der Waals surface area (Å²) in [6, 6.07) is 7.08. The van der Waals surface area contributed by atoms with Crippen LogP contribution in [0.3, 0.4) is 0 Å². The Morgan fingerprint density at radius 3 is 2.64 bits per heavy atom. The third kappa shape index (κ3) is 3.46. The molecule has 1 aliphatic carbocycles. The minimum atomic E-state index is -0.353. The lowest BCUT2D eigenvalue weighted by Crippen LogP contribution is -2.22. The molecule has 0 aliphatic heterocycles. The number of fused-ring (bicyclic) bond motifs is 1. The van der Waals surface area contributed by atoms with Crippen LogP contribution in [0.2, 0.25) is 0 Å². The minimum Gasteiger partial charge on any atom is -0.481 e. The summed E-state index contributed by atoms with van der Waals surface area (Å²) >= 11 is 3.27. The Morgan fingerprint density at radius 2 is 2.00 bits per heavy atom. The normalized spacial score (nSPS) is 18.6. The molecular formula is C21H19BrFN3O2. The van der Waals surface area contributed by atoms with Crippen molar-refractivity contribution in [2.45, 2.75) is 31.6 Å². The highest BCUT2D eigenvalue weighted by atomic mass is 79.9. The number of halogens is 2. The number of amides is 1. The maximum absolute atomic E-state index is 14.0. The largest absolute Gasteiger partial charge is 0.481 e. The van der Waals surface area contributed by atoms with Crippen LogP contribution < -0.4 is 10.1 Å². The number of aromatic nitrogens is 2. The number of carbonyl (C=O) groups excluding carboxylic acids is 1. The Kier molecular flexibility index (Phi) is 5.02. The van der Waals surface area contributed by atoms with Gasteiger partial charge in [-0.3, -0.25) is 9.78 Å². The van der Waals surface area contributed by atoms with E-state index in [0.717, 1.165) is 23.8 Å². The molecule has 1 N–H and O–H groups in total. The Balaban J connectivity index is 1.68. The fourth-order valence-electron chi connectivity index (χ4n) is 3.82. The van der Waals surface area contributed by atoms with E-state index < -0.39 is 0 Å². The fraction of sp³-hybridized carbons (Fsp3) is 0.286. The van der Waals surface area contributed by atoms with Gasteiger partial charge in [0.15, 0.2) is 0 Å². The number of anilines is 1. The predicted octanol–water partition coefficient (Wildman–Crippen LogP) is 5.16. The molecule has 7 heteroatoms. The molecule has 1 amide bonds. The summed E-state index contributed by atoms with van der Waals surface area (Å²) < 4.78 is 19.5. The van der Waals surface area contributed by atoms with Crippen molar-refractivity contribution in [1.82, 2.24) is 9.97 Å². The number of hydrogen-bond acceptors (Lipinski definition) is 4. The number of carbonyl (C=O) groups is 1. The minimum absolute atomic E-state index is 0.154. The van der Waals surface area contributed by atoms with E-state index >= 15 is 0 Å². The zero-order valence-corrected chi connectivity index (χ0v) is 17.1. The van der Waals surface area contributed by atoms with E-state index in [1.54, 1.807) is 19.4 Å². The number of benzene rings is 1. The summed E-state index contributed by atoms with van der Waals surface area (Å²) in [5.41, 5.74) is 3.46. The molecule has 3 aromatic rings. The topological polar surface area (TPSA) is 64.1 Å². The van der Waals surface area contributed by atoms with Gasteiger partial charge >= 0.3 is 0 Å². The Bertz CT molecular complexity index is 1050. The smallest absolute Gasteiger partial charge is 0.221 e. The van der Waals surface area contributed by atoms with Gasteiger partial charge in [0.05, 0.1) is 29.0 Å². The quantitative estimate of drug-likeness (QED) is 0.604. The number of methoxy groups -OCH3 is 1. The number of nitrogens with zero attached hydrogens (tertiary/aromatic N) is 2. The molecular weight excluding hydrogens is 425 g/mol. The maximum atomic E-state index is 14.0. The van der Waals surface area contributed by atoms with Gasteiger partial charge in [-0.25, -0.2) is 9.37 Å². The van der Waals surface area contributed by atoms with Crippen LogP contribution in [-0.2, 0) is 4.79 Å². The standard InChI is InChI=1S/C21H19BrFN3O2/c1-11(27)26-19-10-24-18-8-17(23)16(22)7-15(18)21(19)14-5-13(6-14)12-3-4-20(28-2)25-9-12/h3-4,7-10,13-14H,5-6H2,1-2H3,(H,26,27). The van der Waals surface area contributed by atoms with Crippen LogP contribution in [0.15, 0.2) is 41.1 Å². The first-order valence-electron chi connectivity index (χ1n) is 9.01. The lowest BCUT2D eigenvalue weighted by molar-refractivity contribution is -0.114. The van der Waals surface area contributed by atoms with Crippen LogP contribution in [0.4, 0.5) is 10.1 Å². The molecule has 5 nitrogen and oxygen atoms in total. The molecule has 1 saturated carbocycles. The van der Waals surface area contributed by atoms with Gasteiger partial charge < -0.3 is 10.1 Å². The molecule has 0 spiro atoms. The van der Waals surface area contributed by atoms with Crippen molar-refractivity contribution in [3.8, 4) is 5.88 Å². The Hall–Kier alpha value is -2.54. The van der Waals surface area contributed by atoms with Crippen molar-refractivity contribution in [3.63, 3.8) is 0 Å². The van der Waals surface area contributed by atoms with E-state index in [2.05, 4.69) is 31.2 Å². The van der Waals surface area contributed by atoms with Crippen LogP contribution in [0.5, 0.6) is 5.88 Å². The molecule has 0 atom stereocenters. The second-order valence-electron chi connectivity index (χ2n) is 7.05. The van der Waals surface area contributed by atoms with Crippen LogP contribution in [0, 0.1) is 5.82 Å². The van der Waals surface area contributed by atoms with E-state index in [-0.39, 0.29) is 17.6 Å². The Morgan fingerprint density at radius 1 is 1.21 bits per heavy atom. The monoisotopic (exact) mass is 443 g/mol. The molecule has 0 radical (unpaired) electrons. The average Bonchev–Trinajstić information content (AvgIpc) is 2.63. The SMILES string of the molecule is COc1ccc(C2CC(c3c(NC(C)=O)cnc4cc(F)c(Br)cc34)C2)cn1. The van der Waals surface area contributed by atoms with Crippen LogP contribution in [0.1, 0.15) is 42.7 Å². The van der Waals surface area contributed by atoms with E-state index in [4.69, 9.17) is 4.74 Å². The molecule has 1 aromatic carbocycles. The average molecular weight is 444 g/mol. The van der Waals surface area contributed by atoms with E-state index in [1.165, 1.54) is 18.6 Å². The molecule has 28 heavy (non-hydrogen) atoms. The molecule has 1 aliphatic rings. The van der Waals surface area contributed by atoms with Crippen LogP contribution in [-0.4, -0.2) is 23.0 Å². The highest BCUT2D eigenvalue weighted by Gasteiger charge is 2.34. The van der Waals surface area contributed by atoms with Crippen molar-refractivity contribution in [2.24, 2.45) is 0 Å². The van der Waals surface area contributed by atoms with E-state index in [0.29, 0.717) is 27.5 Å². The third-order valence-corrected chi connectivity index (χ3v) is 5.86. The number of hydrogen-bond donors (Lipinski definition) is 1. The lowest BCUT2D eigenvalue weighted by Gasteiger charge is -2.37. The second kappa shape index (κ2) is 7.47. The van der Waals surface area contributed by atoms with Crippen molar-refractivity contribution in [3.05, 3.63) is 58.1 Å². The molecule has 2 aromatic heterocycles. The summed E-state index contributed by atoms with van der Waals surface area (Å²) in [6.45, 7) is 1.47. The van der Waals surface area contributed by atoms with Crippen molar-refractivity contribution >= 4 is 38.4 Å². The fourth-order valence-corrected chi connectivity index (χ4v) is 4.16. The number of rotatable bonds is 4. The van der Waals surface area contributed by atoms with Gasteiger partial charge in [0, 0.05) is 30.6 Å². The number of ether oxygens (including phenoxy) is 1. The first-order chi connectivity index (χ1) is 13.5. The van der Waals surface area contributed by atoms with Gasteiger partial charge in [-0.2, -0.15) is 0 Å². The summed E-state index contributed by atoms with van der Waals surface area (Å²) in [7, 11) is 1.60. The highest BCUT2D eigenvalue weighted by Crippen LogP contribution is 2.51. The van der Waals surface area contributed by atoms with Crippen LogP contribution >= 0.6 is 15.9 Å². The molecule has 0 saturated heterocycles. The zero-order chi connectivity index (χ0) is 19.8. The summed E-state index contributed by atoms with van der Waals surface area (Å²) in [5.74, 6) is 0.727. The summed E-state index contributed by atoms with van der Waals surface area (Å²) in [5, 5.41) is 3.74. The molecule has 4 rings (SSSR count). The zero-order valence-electron chi connectivity index (χ0n) is 15.5. The first-order valence-corrected chi connectivity index (χ1v) is 9.80. The van der Waals surface area contributed by atoms with Crippen molar-refractivity contribution in [1.29, 1.82) is 0 Å². The Labute approximate surface area is 170 Å². The van der Waals surface area contributed by atoms with E-state index in [9.17, 15) is 9.18 Å². The molecule has 144 valence electrons. The molecule has 2 heterocycles. The molecule has 1 fully saturated rings. The van der Waals surface area contributed by atoms with E-state index in [1.807, 2.05) is 18.3 Å². The van der Waals surface area contributed by atoms with Gasteiger partial charge in [0.25, 0.3) is 0 Å². The summed E-state index contributed by atoms with van der Waals surface area (Å²) in [4.78, 5) is 20.3. The maximum Gasteiger partial charge on any atom is 0.221 e. The second-order valence-corrected chi connectivity index (χ2v) is 7.90. The predicted molar refractivity (Wildman–Crippen MR) is 109 cm³/mol. The van der Waals surface area contributed by atoms with Crippen molar-refractivity contribution < 1.29 is 13.9 Å². The van der Waals surface area contributed by atoms with Gasteiger partial charge in [0.2, 0.25) is 11.8 Å². The van der Waals surface area contributed by atoms with Gasteiger partial charge in [-0.05, 0) is 57.8 Å². The first kappa shape index (κ1) is 18.8. The molecule has 0 unspecified atom stereocenters. The van der Waals surface area contributed by atoms with Gasteiger partial charge in [-0.15, -0.1) is 0 Å². The van der Waals surface area contributed by atoms with Crippen LogP contribution in [0.25, 0.3) is 10.9 Å².